The largest absolute Gasteiger partial charge is 1.00 e. The molecule has 4 nitrogen and oxygen atoms in total. The normalized spacial score (nSPS) is 10.2. The fourth-order valence-corrected chi connectivity index (χ4v) is 2.00. The number of aliphatic carboxylic acids is 1. The van der Waals surface area contributed by atoms with Gasteiger partial charge in [-0.25, -0.2) is 0 Å². The van der Waals surface area contributed by atoms with Crippen molar-refractivity contribution in [2.24, 2.45) is 0 Å². The van der Waals surface area contributed by atoms with Gasteiger partial charge in [-0.2, -0.15) is 0 Å². The zero-order chi connectivity index (χ0) is 14.2. The third-order valence-electron chi connectivity index (χ3n) is 3.19. The quantitative estimate of drug-likeness (QED) is 0.284. The van der Waals surface area contributed by atoms with E-state index in [1.165, 1.54) is 51.4 Å². The monoisotopic (exact) mass is 294 g/mol. The number of carboxylic acids is 1. The van der Waals surface area contributed by atoms with Crippen molar-refractivity contribution >= 4 is 5.97 Å². The van der Waals surface area contributed by atoms with E-state index in [1.54, 1.807) is 0 Å². The van der Waals surface area contributed by atoms with Crippen LogP contribution in [0.2, 0.25) is 0 Å². The van der Waals surface area contributed by atoms with Gasteiger partial charge < -0.3 is 20.5 Å². The number of hydrogen-bond acceptors (Lipinski definition) is 4. The smallest absolute Gasteiger partial charge is 0.550 e. The molecule has 0 aliphatic heterocycles. The van der Waals surface area contributed by atoms with Crippen LogP contribution in [0.3, 0.4) is 0 Å². The molecule has 5 heteroatoms. The molecule has 20 heavy (non-hydrogen) atoms. The van der Waals surface area contributed by atoms with Crippen molar-refractivity contribution < 1.29 is 39.5 Å². The maximum atomic E-state index is 10.2. The molecule has 0 aliphatic carbocycles. The number of hydrogen-bond donors (Lipinski definition) is 2. The van der Waals surface area contributed by atoms with Crippen LogP contribution in [-0.2, 0) is 4.79 Å². The zero-order valence-electron chi connectivity index (χ0n) is 13.5. The van der Waals surface area contributed by atoms with Gasteiger partial charge in [0, 0.05) is 25.6 Å². The van der Waals surface area contributed by atoms with E-state index in [9.17, 15) is 9.90 Å². The maximum absolute atomic E-state index is 10.2. The van der Waals surface area contributed by atoms with Crippen LogP contribution in [0.15, 0.2) is 0 Å². The van der Waals surface area contributed by atoms with Gasteiger partial charge in [0.15, 0.2) is 0 Å². The molecule has 0 unspecified atom stereocenters. The molecule has 0 aromatic heterocycles. The molecular weight excluding hydrogens is 263 g/mol. The minimum atomic E-state index is -0.987. The number of unbranched alkanes of at least 4 members (excludes halogenated alkanes) is 7. The molecule has 0 fully saturated rings. The van der Waals surface area contributed by atoms with E-state index in [0.29, 0.717) is 6.54 Å². The maximum Gasteiger partial charge on any atom is 1.00 e. The minimum absolute atomic E-state index is 0. The van der Waals surface area contributed by atoms with Crippen molar-refractivity contribution in [3.63, 3.8) is 0 Å². The third-order valence-corrected chi connectivity index (χ3v) is 3.19. The van der Waals surface area contributed by atoms with E-state index in [1.807, 2.05) is 0 Å². The van der Waals surface area contributed by atoms with Gasteiger partial charge >= 0.3 is 29.6 Å². The van der Waals surface area contributed by atoms with Crippen molar-refractivity contribution in [1.29, 1.82) is 0 Å². The second kappa shape index (κ2) is 19.4. The molecule has 0 aromatic rings. The summed E-state index contributed by atoms with van der Waals surface area (Å²) in [6.45, 7) is 5.55. The van der Waals surface area contributed by atoms with Crippen LogP contribution < -0.4 is 45.3 Å². The first-order valence-corrected chi connectivity index (χ1v) is 7.88. The third kappa shape index (κ3) is 20.7. The van der Waals surface area contributed by atoms with E-state index < -0.39 is 5.97 Å². The summed E-state index contributed by atoms with van der Waals surface area (Å²) >= 11 is 0. The molecule has 0 atom stereocenters. The Labute approximate surface area is 146 Å². The van der Waals surface area contributed by atoms with Gasteiger partial charge in [-0.3, -0.25) is 0 Å². The second-order valence-corrected chi connectivity index (χ2v) is 5.10. The Hall–Kier alpha value is 0.390. The number of carboxylic acid groups (broad SMARTS) is 1. The molecule has 0 bridgehead atoms. The SMILES string of the molecule is CCCCCCCCCCNCCNCCC(=O)[O-].[Na+]. The molecule has 0 saturated carbocycles. The summed E-state index contributed by atoms with van der Waals surface area (Å²) < 4.78 is 0. The van der Waals surface area contributed by atoms with Crippen LogP contribution in [0.5, 0.6) is 0 Å². The van der Waals surface area contributed by atoms with Crippen molar-refractivity contribution in [3.05, 3.63) is 0 Å². The van der Waals surface area contributed by atoms with Gasteiger partial charge in [-0.15, -0.1) is 0 Å². The average Bonchev–Trinajstić information content (AvgIpc) is 2.39. The van der Waals surface area contributed by atoms with E-state index >= 15 is 0 Å². The molecule has 0 amide bonds. The van der Waals surface area contributed by atoms with Crippen LogP contribution in [0, 0.1) is 0 Å². The van der Waals surface area contributed by atoms with Crippen LogP contribution in [0.25, 0.3) is 0 Å². The summed E-state index contributed by atoms with van der Waals surface area (Å²) in [5.41, 5.74) is 0. The topological polar surface area (TPSA) is 64.2 Å². The van der Waals surface area contributed by atoms with Gasteiger partial charge in [0.2, 0.25) is 0 Å². The minimum Gasteiger partial charge on any atom is -0.550 e. The fourth-order valence-electron chi connectivity index (χ4n) is 2.00. The molecule has 0 rings (SSSR count). The Morgan fingerprint density at radius 3 is 1.85 bits per heavy atom. The number of nitrogens with one attached hydrogen (secondary N) is 2. The van der Waals surface area contributed by atoms with E-state index in [0.717, 1.165) is 19.6 Å². The molecule has 0 radical (unpaired) electrons. The van der Waals surface area contributed by atoms with Crippen molar-refractivity contribution in [2.45, 2.75) is 64.7 Å². The van der Waals surface area contributed by atoms with Crippen LogP contribution in [0.1, 0.15) is 64.7 Å². The number of carbonyl (C=O) groups excluding carboxylic acids is 1. The second-order valence-electron chi connectivity index (χ2n) is 5.10. The Morgan fingerprint density at radius 1 is 0.800 bits per heavy atom. The van der Waals surface area contributed by atoms with Gasteiger partial charge in [-0.05, 0) is 19.4 Å². The first-order valence-electron chi connectivity index (χ1n) is 7.88. The Balaban J connectivity index is 0. The number of carbonyl (C=O) groups is 1. The summed E-state index contributed by atoms with van der Waals surface area (Å²) in [6.07, 6.45) is 10.9. The molecule has 0 aromatic carbocycles. The van der Waals surface area contributed by atoms with Crippen LogP contribution >= 0.6 is 0 Å². The summed E-state index contributed by atoms with van der Waals surface area (Å²) in [5, 5.41) is 16.6. The molecule has 114 valence electrons. The average molecular weight is 294 g/mol. The van der Waals surface area contributed by atoms with E-state index in [2.05, 4.69) is 17.6 Å². The van der Waals surface area contributed by atoms with Crippen LogP contribution in [-0.4, -0.2) is 32.1 Å². The summed E-state index contributed by atoms with van der Waals surface area (Å²) in [4.78, 5) is 10.2. The predicted molar refractivity (Wildman–Crippen MR) is 78.0 cm³/mol. The summed E-state index contributed by atoms with van der Waals surface area (Å²) in [7, 11) is 0. The first-order chi connectivity index (χ1) is 9.27. The van der Waals surface area contributed by atoms with Crippen molar-refractivity contribution in [3.8, 4) is 0 Å². The van der Waals surface area contributed by atoms with E-state index in [-0.39, 0.29) is 36.0 Å². The molecule has 0 aliphatic rings. The summed E-state index contributed by atoms with van der Waals surface area (Å²) in [5.74, 6) is -0.987. The van der Waals surface area contributed by atoms with Crippen LogP contribution in [0.4, 0.5) is 0 Å². The van der Waals surface area contributed by atoms with Crippen molar-refractivity contribution in [2.75, 3.05) is 26.2 Å². The molecular formula is C15H31N2NaO2. The molecule has 0 heterocycles. The van der Waals surface area contributed by atoms with Gasteiger partial charge in [0.1, 0.15) is 0 Å². The Kier molecular flexibility index (Phi) is 22.0. The standard InChI is InChI=1S/C15H32N2O2.Na/c1-2-3-4-5-6-7-8-9-11-16-13-14-17-12-10-15(18)19;/h16-17H,2-14H2,1H3,(H,18,19);/q;+1/p-1. The zero-order valence-corrected chi connectivity index (χ0v) is 15.5. The molecule has 0 spiro atoms. The van der Waals surface area contributed by atoms with Gasteiger partial charge in [-0.1, -0.05) is 51.9 Å². The number of rotatable bonds is 15. The Morgan fingerprint density at radius 2 is 1.30 bits per heavy atom. The molecule has 0 saturated heterocycles. The van der Waals surface area contributed by atoms with Gasteiger partial charge in [0.25, 0.3) is 0 Å². The van der Waals surface area contributed by atoms with E-state index in [4.69, 9.17) is 0 Å². The molecule has 2 N–H and O–H groups in total. The first kappa shape index (κ1) is 22.7. The summed E-state index contributed by atoms with van der Waals surface area (Å²) in [6, 6.07) is 0. The predicted octanol–water partition coefficient (Wildman–Crippen LogP) is -1.55. The fraction of sp³-hybridized carbons (Fsp3) is 0.933. The Bertz CT molecular complexity index is 204. The van der Waals surface area contributed by atoms with Gasteiger partial charge in [0.05, 0.1) is 0 Å². The van der Waals surface area contributed by atoms with Crippen molar-refractivity contribution in [1.82, 2.24) is 10.6 Å².